The van der Waals surface area contributed by atoms with E-state index in [1.54, 1.807) is 41.7 Å². The van der Waals surface area contributed by atoms with Gasteiger partial charge in [-0.05, 0) is 29.9 Å². The predicted octanol–water partition coefficient (Wildman–Crippen LogP) is 4.95. The quantitative estimate of drug-likeness (QED) is 0.419. The number of carbonyl (C=O) groups is 1. The van der Waals surface area contributed by atoms with E-state index < -0.39 is 18.6 Å². The van der Waals surface area contributed by atoms with Crippen molar-refractivity contribution in [2.45, 2.75) is 43.2 Å². The van der Waals surface area contributed by atoms with Crippen LogP contribution in [0, 0.1) is 0 Å². The summed E-state index contributed by atoms with van der Waals surface area (Å²) in [5, 5.41) is 11.1. The van der Waals surface area contributed by atoms with Gasteiger partial charge in [0.25, 0.3) is 0 Å². The molecule has 0 spiro atoms. The number of halogens is 3. The number of aromatic nitrogens is 3. The standard InChI is InChI=1S/C21H21F3N4OS2/c22-21(23,24)14-27(12-15-5-2-1-3-6-15)19(29)13-31-20-26-25-18(28(20)16-8-9-16)11-17-7-4-10-30-17/h1-7,10,16H,8-9,11-14H2. The zero-order valence-corrected chi connectivity index (χ0v) is 18.2. The lowest BCUT2D eigenvalue weighted by Crippen LogP contribution is -2.39. The molecule has 31 heavy (non-hydrogen) atoms. The van der Waals surface area contributed by atoms with Gasteiger partial charge in [-0.1, -0.05) is 48.2 Å². The van der Waals surface area contributed by atoms with E-state index in [0.29, 0.717) is 23.2 Å². The molecule has 1 aliphatic rings. The molecule has 1 aromatic carbocycles. The molecule has 2 aromatic heterocycles. The molecule has 2 heterocycles. The molecule has 0 atom stereocenters. The molecule has 164 valence electrons. The van der Waals surface area contributed by atoms with Crippen molar-refractivity contribution in [2.24, 2.45) is 0 Å². The first kappa shape index (κ1) is 21.9. The highest BCUT2D eigenvalue weighted by Crippen LogP contribution is 2.39. The van der Waals surface area contributed by atoms with E-state index >= 15 is 0 Å². The van der Waals surface area contributed by atoms with Gasteiger partial charge in [0, 0.05) is 23.9 Å². The van der Waals surface area contributed by atoms with Crippen LogP contribution in [0.15, 0.2) is 53.0 Å². The summed E-state index contributed by atoms with van der Waals surface area (Å²) in [5.74, 6) is 0.139. The number of carbonyl (C=O) groups excluding carboxylic acids is 1. The van der Waals surface area contributed by atoms with Gasteiger partial charge in [0.15, 0.2) is 5.16 Å². The fraction of sp³-hybridized carbons (Fsp3) is 0.381. The zero-order valence-electron chi connectivity index (χ0n) is 16.6. The Labute approximate surface area is 186 Å². The highest BCUT2D eigenvalue weighted by Gasteiger charge is 2.34. The average molecular weight is 467 g/mol. The first-order valence-electron chi connectivity index (χ1n) is 9.86. The molecule has 5 nitrogen and oxygen atoms in total. The van der Waals surface area contributed by atoms with Gasteiger partial charge in [-0.2, -0.15) is 13.2 Å². The number of rotatable bonds is 9. The van der Waals surface area contributed by atoms with Gasteiger partial charge in [-0.25, -0.2) is 0 Å². The summed E-state index contributed by atoms with van der Waals surface area (Å²) in [7, 11) is 0. The first-order valence-corrected chi connectivity index (χ1v) is 11.7. The fourth-order valence-corrected chi connectivity index (χ4v) is 4.89. The van der Waals surface area contributed by atoms with Crippen molar-refractivity contribution in [3.8, 4) is 0 Å². The number of amides is 1. The Morgan fingerprint density at radius 3 is 2.58 bits per heavy atom. The largest absolute Gasteiger partial charge is 0.406 e. The summed E-state index contributed by atoms with van der Waals surface area (Å²) in [4.78, 5) is 14.7. The Kier molecular flexibility index (Phi) is 6.66. The number of hydrogen-bond donors (Lipinski definition) is 0. The van der Waals surface area contributed by atoms with Gasteiger partial charge < -0.3 is 9.47 Å². The molecule has 0 aliphatic heterocycles. The van der Waals surface area contributed by atoms with Gasteiger partial charge in [0.05, 0.1) is 5.75 Å². The number of thioether (sulfide) groups is 1. The first-order chi connectivity index (χ1) is 14.9. The Morgan fingerprint density at radius 2 is 1.94 bits per heavy atom. The molecule has 0 radical (unpaired) electrons. The predicted molar refractivity (Wildman–Crippen MR) is 114 cm³/mol. The lowest BCUT2D eigenvalue weighted by molar-refractivity contribution is -0.160. The van der Waals surface area contributed by atoms with Gasteiger partial charge >= 0.3 is 6.18 Å². The van der Waals surface area contributed by atoms with Crippen molar-refractivity contribution in [1.82, 2.24) is 19.7 Å². The lowest BCUT2D eigenvalue weighted by atomic mass is 10.2. The zero-order chi connectivity index (χ0) is 21.8. The van der Waals surface area contributed by atoms with E-state index in [1.165, 1.54) is 4.88 Å². The van der Waals surface area contributed by atoms with E-state index in [4.69, 9.17) is 0 Å². The maximum atomic E-state index is 13.1. The van der Waals surface area contributed by atoms with Crippen LogP contribution in [0.4, 0.5) is 13.2 Å². The molecule has 10 heteroatoms. The van der Waals surface area contributed by atoms with Crippen LogP contribution in [0.3, 0.4) is 0 Å². The summed E-state index contributed by atoms with van der Waals surface area (Å²) >= 11 is 2.80. The van der Waals surface area contributed by atoms with Crippen LogP contribution < -0.4 is 0 Å². The van der Waals surface area contributed by atoms with E-state index in [9.17, 15) is 18.0 Å². The molecule has 1 amide bonds. The van der Waals surface area contributed by atoms with Crippen molar-refractivity contribution in [1.29, 1.82) is 0 Å². The highest BCUT2D eigenvalue weighted by atomic mass is 32.2. The second-order valence-corrected chi connectivity index (χ2v) is 9.37. The van der Waals surface area contributed by atoms with Crippen LogP contribution >= 0.6 is 23.1 Å². The smallest absolute Gasteiger partial charge is 0.329 e. The summed E-state index contributed by atoms with van der Waals surface area (Å²) in [6.45, 7) is -1.36. The van der Waals surface area contributed by atoms with Crippen LogP contribution in [0.2, 0.25) is 0 Å². The maximum absolute atomic E-state index is 13.1. The van der Waals surface area contributed by atoms with Crippen molar-refractivity contribution in [3.05, 3.63) is 64.1 Å². The summed E-state index contributed by atoms with van der Waals surface area (Å²) in [6, 6.07) is 13.0. The molecule has 0 unspecified atom stereocenters. The molecule has 0 bridgehead atoms. The third-order valence-electron chi connectivity index (χ3n) is 4.82. The molecule has 1 aliphatic carbocycles. The average Bonchev–Trinajstić information content (AvgIpc) is 3.28. The third kappa shape index (κ3) is 6.10. The van der Waals surface area contributed by atoms with E-state index in [-0.39, 0.29) is 12.3 Å². The van der Waals surface area contributed by atoms with Crippen molar-refractivity contribution >= 4 is 29.0 Å². The lowest BCUT2D eigenvalue weighted by Gasteiger charge is -2.24. The van der Waals surface area contributed by atoms with Crippen LogP contribution in [0.25, 0.3) is 0 Å². The van der Waals surface area contributed by atoms with Crippen molar-refractivity contribution < 1.29 is 18.0 Å². The minimum Gasteiger partial charge on any atom is -0.329 e. The Bertz CT molecular complexity index is 1000. The molecule has 0 N–H and O–H groups in total. The molecular weight excluding hydrogens is 445 g/mol. The topological polar surface area (TPSA) is 51.0 Å². The molecular formula is C21H21F3N4OS2. The van der Waals surface area contributed by atoms with Gasteiger partial charge in [-0.15, -0.1) is 21.5 Å². The van der Waals surface area contributed by atoms with Crippen molar-refractivity contribution in [2.75, 3.05) is 12.3 Å². The number of hydrogen-bond acceptors (Lipinski definition) is 5. The number of benzene rings is 1. The van der Waals surface area contributed by atoms with Gasteiger partial charge in [0.1, 0.15) is 12.4 Å². The monoisotopic (exact) mass is 466 g/mol. The van der Waals surface area contributed by atoms with E-state index in [0.717, 1.165) is 35.3 Å². The van der Waals surface area contributed by atoms with Gasteiger partial charge in [0.2, 0.25) is 5.91 Å². The van der Waals surface area contributed by atoms with Crippen LogP contribution in [-0.4, -0.2) is 44.0 Å². The Morgan fingerprint density at radius 1 is 1.16 bits per heavy atom. The molecule has 1 saturated carbocycles. The number of thiophene rings is 1. The van der Waals surface area contributed by atoms with Crippen LogP contribution in [0.1, 0.15) is 35.1 Å². The van der Waals surface area contributed by atoms with Gasteiger partial charge in [-0.3, -0.25) is 4.79 Å². The second kappa shape index (κ2) is 9.44. The Balaban J connectivity index is 1.45. The molecule has 1 fully saturated rings. The fourth-order valence-electron chi connectivity index (χ4n) is 3.26. The van der Waals surface area contributed by atoms with Crippen molar-refractivity contribution in [3.63, 3.8) is 0 Å². The van der Waals surface area contributed by atoms with E-state index in [2.05, 4.69) is 10.2 Å². The minimum atomic E-state index is -4.46. The summed E-state index contributed by atoms with van der Waals surface area (Å²) in [6.07, 6.45) is -1.77. The highest BCUT2D eigenvalue weighted by molar-refractivity contribution is 7.99. The second-order valence-electron chi connectivity index (χ2n) is 7.40. The van der Waals surface area contributed by atoms with Crippen LogP contribution in [-0.2, 0) is 17.8 Å². The summed E-state index contributed by atoms with van der Waals surface area (Å²) < 4.78 is 41.2. The van der Waals surface area contributed by atoms with E-state index in [1.807, 2.05) is 22.1 Å². The molecule has 4 rings (SSSR count). The number of nitrogens with zero attached hydrogens (tertiary/aromatic N) is 4. The van der Waals surface area contributed by atoms with Crippen LogP contribution in [0.5, 0.6) is 0 Å². The molecule has 0 saturated heterocycles. The minimum absolute atomic E-state index is 0.0846. The SMILES string of the molecule is O=C(CSc1nnc(Cc2cccs2)n1C1CC1)N(Cc1ccccc1)CC(F)(F)F. The number of alkyl halides is 3. The maximum Gasteiger partial charge on any atom is 0.406 e. The molecule has 3 aromatic rings. The third-order valence-corrected chi connectivity index (χ3v) is 6.63. The normalized spacial score (nSPS) is 14.0. The summed E-state index contributed by atoms with van der Waals surface area (Å²) in [5.41, 5.74) is 0.657. The Hall–Kier alpha value is -2.33.